The molecule has 2 heterocycles. The summed E-state index contributed by atoms with van der Waals surface area (Å²) in [5, 5.41) is 7.74. The number of aryl methyl sites for hydroxylation is 2. The van der Waals surface area contributed by atoms with E-state index in [-0.39, 0.29) is 11.5 Å². The molecule has 0 aliphatic rings. The number of nitrogen functional groups attached to an aromatic ring is 1. The second-order valence-corrected chi connectivity index (χ2v) is 3.83. The van der Waals surface area contributed by atoms with Crippen LogP contribution in [-0.2, 0) is 18.3 Å². The molecule has 0 spiro atoms. The number of hydrogen-bond acceptors (Lipinski definition) is 6. The van der Waals surface area contributed by atoms with Gasteiger partial charge in [0.05, 0.1) is 13.7 Å². The number of anilines is 1. The summed E-state index contributed by atoms with van der Waals surface area (Å²) in [6.07, 6.45) is 1.60. The molecule has 0 radical (unpaired) electrons. The average Bonchev–Trinajstić information content (AvgIpc) is 2.87. The molecule has 0 aliphatic carbocycles. The van der Waals surface area contributed by atoms with E-state index in [9.17, 15) is 4.79 Å². The number of carbonyl (C=O) groups excluding carboxylic acids is 1. The van der Waals surface area contributed by atoms with E-state index < -0.39 is 5.97 Å². The van der Waals surface area contributed by atoms with Crippen LogP contribution in [0.1, 0.15) is 22.1 Å². The lowest BCUT2D eigenvalue weighted by Gasteiger charge is -2.06. The van der Waals surface area contributed by atoms with Crippen LogP contribution in [0.25, 0.3) is 0 Å². The molecular formula is C10H14N6O2. The molecule has 0 aromatic carbocycles. The molecule has 2 aromatic rings. The van der Waals surface area contributed by atoms with Crippen molar-refractivity contribution in [3.63, 3.8) is 0 Å². The van der Waals surface area contributed by atoms with E-state index in [2.05, 4.69) is 19.9 Å². The predicted octanol–water partition coefficient (Wildman–Crippen LogP) is -0.263. The monoisotopic (exact) mass is 250 g/mol. The first-order chi connectivity index (χ1) is 8.54. The van der Waals surface area contributed by atoms with Crippen molar-refractivity contribution in [1.29, 1.82) is 0 Å². The number of rotatable bonds is 3. The highest BCUT2D eigenvalue weighted by molar-refractivity contribution is 5.92. The SMILES string of the molecule is COC(=O)c1nc(C)n(Cc2nncn2C)c1N. The van der Waals surface area contributed by atoms with Crippen molar-refractivity contribution in [2.45, 2.75) is 13.5 Å². The van der Waals surface area contributed by atoms with Crippen molar-refractivity contribution in [2.75, 3.05) is 12.8 Å². The van der Waals surface area contributed by atoms with E-state index in [1.807, 2.05) is 7.05 Å². The Morgan fingerprint density at radius 1 is 1.56 bits per heavy atom. The first-order valence-electron chi connectivity index (χ1n) is 5.28. The zero-order valence-corrected chi connectivity index (χ0v) is 10.4. The molecule has 96 valence electrons. The molecular weight excluding hydrogens is 236 g/mol. The quantitative estimate of drug-likeness (QED) is 0.753. The number of hydrogen-bond donors (Lipinski definition) is 1. The van der Waals surface area contributed by atoms with E-state index >= 15 is 0 Å². The summed E-state index contributed by atoms with van der Waals surface area (Å²) in [7, 11) is 3.12. The molecule has 0 saturated heterocycles. The molecule has 0 fully saturated rings. The van der Waals surface area contributed by atoms with Crippen molar-refractivity contribution in [2.24, 2.45) is 7.05 Å². The van der Waals surface area contributed by atoms with Gasteiger partial charge in [-0.1, -0.05) is 0 Å². The predicted molar refractivity (Wildman–Crippen MR) is 62.8 cm³/mol. The number of imidazole rings is 1. The Hall–Kier alpha value is -2.38. The molecule has 0 unspecified atom stereocenters. The Morgan fingerprint density at radius 2 is 2.28 bits per heavy atom. The van der Waals surface area contributed by atoms with Crippen LogP contribution in [0, 0.1) is 6.92 Å². The number of methoxy groups -OCH3 is 1. The van der Waals surface area contributed by atoms with Gasteiger partial charge in [0.1, 0.15) is 18.0 Å². The summed E-state index contributed by atoms with van der Waals surface area (Å²) < 4.78 is 8.08. The number of aromatic nitrogens is 5. The number of carbonyl (C=O) groups is 1. The highest BCUT2D eigenvalue weighted by Crippen LogP contribution is 2.16. The minimum absolute atomic E-state index is 0.122. The topological polar surface area (TPSA) is 101 Å². The second kappa shape index (κ2) is 4.47. The van der Waals surface area contributed by atoms with Crippen LogP contribution >= 0.6 is 0 Å². The first kappa shape index (κ1) is 12.1. The molecule has 2 rings (SSSR count). The number of nitrogens with zero attached hydrogens (tertiary/aromatic N) is 5. The molecule has 0 bridgehead atoms. The van der Waals surface area contributed by atoms with Gasteiger partial charge >= 0.3 is 5.97 Å². The highest BCUT2D eigenvalue weighted by atomic mass is 16.5. The molecule has 8 heteroatoms. The molecule has 0 amide bonds. The van der Waals surface area contributed by atoms with Gasteiger partial charge in [-0.2, -0.15) is 0 Å². The summed E-state index contributed by atoms with van der Waals surface area (Å²) in [6.45, 7) is 2.16. The lowest BCUT2D eigenvalue weighted by molar-refractivity contribution is 0.0595. The van der Waals surface area contributed by atoms with E-state index in [1.54, 1.807) is 22.4 Å². The Labute approximate surface area is 103 Å². The number of esters is 1. The van der Waals surface area contributed by atoms with Crippen molar-refractivity contribution in [1.82, 2.24) is 24.3 Å². The normalized spacial score (nSPS) is 10.6. The van der Waals surface area contributed by atoms with Crippen LogP contribution in [0.3, 0.4) is 0 Å². The van der Waals surface area contributed by atoms with Gasteiger partial charge in [0.2, 0.25) is 0 Å². The minimum Gasteiger partial charge on any atom is -0.464 e. The molecule has 0 atom stereocenters. The summed E-state index contributed by atoms with van der Waals surface area (Å²) in [6, 6.07) is 0. The third-order valence-corrected chi connectivity index (χ3v) is 2.68. The number of ether oxygens (including phenoxy) is 1. The summed E-state index contributed by atoms with van der Waals surface area (Å²) in [4.78, 5) is 15.6. The number of nitrogens with two attached hydrogens (primary N) is 1. The van der Waals surface area contributed by atoms with Gasteiger partial charge in [-0.05, 0) is 6.92 Å². The van der Waals surface area contributed by atoms with E-state index in [0.717, 1.165) is 5.82 Å². The fourth-order valence-electron chi connectivity index (χ4n) is 1.62. The zero-order valence-electron chi connectivity index (χ0n) is 10.4. The second-order valence-electron chi connectivity index (χ2n) is 3.83. The molecule has 8 nitrogen and oxygen atoms in total. The summed E-state index contributed by atoms with van der Waals surface area (Å²) in [5.41, 5.74) is 6.01. The largest absolute Gasteiger partial charge is 0.464 e. The molecule has 18 heavy (non-hydrogen) atoms. The fraction of sp³-hybridized carbons (Fsp3) is 0.400. The van der Waals surface area contributed by atoms with Gasteiger partial charge < -0.3 is 19.6 Å². The Bertz CT molecular complexity index is 585. The van der Waals surface area contributed by atoms with Crippen LogP contribution in [0.2, 0.25) is 0 Å². The lowest BCUT2D eigenvalue weighted by atomic mass is 10.4. The van der Waals surface area contributed by atoms with Gasteiger partial charge in [-0.25, -0.2) is 9.78 Å². The zero-order chi connectivity index (χ0) is 13.3. The van der Waals surface area contributed by atoms with E-state index in [0.29, 0.717) is 12.4 Å². The van der Waals surface area contributed by atoms with Crippen molar-refractivity contribution in [3.8, 4) is 0 Å². The molecule has 2 N–H and O–H groups in total. The highest BCUT2D eigenvalue weighted by Gasteiger charge is 2.19. The summed E-state index contributed by atoms with van der Waals surface area (Å²) in [5.74, 6) is 1.06. The molecule has 0 saturated carbocycles. The average molecular weight is 250 g/mol. The van der Waals surface area contributed by atoms with Crippen molar-refractivity contribution >= 4 is 11.8 Å². The standard InChI is InChI=1S/C10H14N6O2/c1-6-13-8(10(17)18-3)9(11)16(6)4-7-14-12-5-15(7)2/h5H,4,11H2,1-3H3. The summed E-state index contributed by atoms with van der Waals surface area (Å²) >= 11 is 0. The van der Waals surface area contributed by atoms with Crippen LogP contribution in [0.5, 0.6) is 0 Å². The maximum atomic E-state index is 11.5. The maximum Gasteiger partial charge on any atom is 0.360 e. The van der Waals surface area contributed by atoms with E-state index in [4.69, 9.17) is 5.73 Å². The first-order valence-corrected chi connectivity index (χ1v) is 5.28. The van der Waals surface area contributed by atoms with Gasteiger partial charge in [0, 0.05) is 7.05 Å². The van der Waals surface area contributed by atoms with Gasteiger partial charge in [-0.3, -0.25) is 0 Å². The third-order valence-electron chi connectivity index (χ3n) is 2.68. The van der Waals surface area contributed by atoms with Crippen LogP contribution < -0.4 is 5.73 Å². The molecule has 0 aliphatic heterocycles. The Kier molecular flexibility index (Phi) is 3.00. The van der Waals surface area contributed by atoms with Crippen LogP contribution in [0.15, 0.2) is 6.33 Å². The third kappa shape index (κ3) is 1.92. The van der Waals surface area contributed by atoms with Gasteiger partial charge in [0.25, 0.3) is 0 Å². The molecule has 2 aromatic heterocycles. The van der Waals surface area contributed by atoms with Gasteiger partial charge in [-0.15, -0.1) is 10.2 Å². The smallest absolute Gasteiger partial charge is 0.360 e. The van der Waals surface area contributed by atoms with E-state index in [1.165, 1.54) is 7.11 Å². The Balaban J connectivity index is 2.37. The van der Waals surface area contributed by atoms with Crippen molar-refractivity contribution in [3.05, 3.63) is 23.7 Å². The fourth-order valence-corrected chi connectivity index (χ4v) is 1.62. The lowest BCUT2D eigenvalue weighted by Crippen LogP contribution is -2.11. The van der Waals surface area contributed by atoms with Gasteiger partial charge in [0.15, 0.2) is 11.5 Å². The maximum absolute atomic E-state index is 11.5. The Morgan fingerprint density at radius 3 is 2.83 bits per heavy atom. The van der Waals surface area contributed by atoms with Crippen LogP contribution in [-0.4, -0.2) is 37.4 Å². The van der Waals surface area contributed by atoms with Crippen molar-refractivity contribution < 1.29 is 9.53 Å². The minimum atomic E-state index is -0.549. The van der Waals surface area contributed by atoms with Crippen LogP contribution in [0.4, 0.5) is 5.82 Å².